The summed E-state index contributed by atoms with van der Waals surface area (Å²) in [4.78, 5) is 11.7. The van der Waals surface area contributed by atoms with Gasteiger partial charge in [-0.3, -0.25) is 0 Å². The number of hydrogen-bond acceptors (Lipinski definition) is 1. The first kappa shape index (κ1) is 14.8. The molecule has 0 aromatic heterocycles. The molecule has 0 saturated carbocycles. The van der Waals surface area contributed by atoms with Gasteiger partial charge in [0.05, 0.1) is 5.69 Å². The molecular formula is C15H14FIN2O. The normalized spacial score (nSPS) is 10.1. The number of halogens is 2. The van der Waals surface area contributed by atoms with Crippen LogP contribution in [0.2, 0.25) is 0 Å². The highest BCUT2D eigenvalue weighted by atomic mass is 127. The average Bonchev–Trinajstić information content (AvgIpc) is 2.44. The van der Waals surface area contributed by atoms with Crippen LogP contribution in [0.25, 0.3) is 0 Å². The third-order valence-corrected chi connectivity index (χ3v) is 3.68. The zero-order chi connectivity index (χ0) is 14.4. The number of anilines is 1. The van der Waals surface area contributed by atoms with Crippen LogP contribution in [-0.2, 0) is 6.42 Å². The molecular weight excluding hydrogens is 370 g/mol. The molecule has 5 heteroatoms. The largest absolute Gasteiger partial charge is 0.338 e. The maximum atomic E-state index is 12.7. The van der Waals surface area contributed by atoms with Crippen LogP contribution in [-0.4, -0.2) is 12.6 Å². The van der Waals surface area contributed by atoms with E-state index in [2.05, 4.69) is 33.2 Å². The quantitative estimate of drug-likeness (QED) is 0.774. The first-order chi connectivity index (χ1) is 9.65. The van der Waals surface area contributed by atoms with Gasteiger partial charge >= 0.3 is 6.03 Å². The molecule has 2 N–H and O–H groups in total. The molecule has 0 spiro atoms. The molecule has 3 nitrogen and oxygen atoms in total. The minimum Gasteiger partial charge on any atom is -0.338 e. The Morgan fingerprint density at radius 1 is 1.10 bits per heavy atom. The summed E-state index contributed by atoms with van der Waals surface area (Å²) < 4.78 is 13.7. The molecule has 0 heterocycles. The van der Waals surface area contributed by atoms with Crippen molar-refractivity contribution in [2.24, 2.45) is 0 Å². The minimum atomic E-state index is -0.252. The van der Waals surface area contributed by atoms with Gasteiger partial charge in [0, 0.05) is 10.1 Å². The van der Waals surface area contributed by atoms with Crippen LogP contribution in [0.3, 0.4) is 0 Å². The van der Waals surface area contributed by atoms with Gasteiger partial charge in [-0.2, -0.15) is 0 Å². The topological polar surface area (TPSA) is 41.1 Å². The van der Waals surface area contributed by atoms with Gasteiger partial charge in [-0.1, -0.05) is 24.3 Å². The second-order valence-corrected chi connectivity index (χ2v) is 5.40. The lowest BCUT2D eigenvalue weighted by Crippen LogP contribution is -2.30. The first-order valence-corrected chi connectivity index (χ1v) is 7.27. The second-order valence-electron chi connectivity index (χ2n) is 4.24. The van der Waals surface area contributed by atoms with Gasteiger partial charge in [0.2, 0.25) is 0 Å². The van der Waals surface area contributed by atoms with E-state index >= 15 is 0 Å². The van der Waals surface area contributed by atoms with Crippen LogP contribution in [0.1, 0.15) is 5.56 Å². The highest BCUT2D eigenvalue weighted by Crippen LogP contribution is 2.16. The van der Waals surface area contributed by atoms with E-state index in [-0.39, 0.29) is 11.8 Å². The highest BCUT2D eigenvalue weighted by Gasteiger charge is 2.03. The molecule has 2 rings (SSSR count). The summed E-state index contributed by atoms with van der Waals surface area (Å²) in [5.74, 6) is -0.252. The standard InChI is InChI=1S/C15H14FIN2O/c16-12-7-5-11(6-8-12)9-10-18-15(20)19-14-4-2-1-3-13(14)17/h1-8H,9-10H2,(H2,18,19,20). The van der Waals surface area contributed by atoms with Gasteiger partial charge in [-0.05, 0) is 58.8 Å². The van der Waals surface area contributed by atoms with Gasteiger partial charge in [0.25, 0.3) is 0 Å². The van der Waals surface area contributed by atoms with Crippen molar-refractivity contribution in [1.82, 2.24) is 5.32 Å². The molecule has 0 atom stereocenters. The zero-order valence-electron chi connectivity index (χ0n) is 10.7. The summed E-state index contributed by atoms with van der Waals surface area (Å²) in [6.07, 6.45) is 0.666. The predicted molar refractivity (Wildman–Crippen MR) is 86.3 cm³/mol. The Labute approximate surface area is 130 Å². The van der Waals surface area contributed by atoms with Crippen molar-refractivity contribution in [3.05, 3.63) is 63.5 Å². The van der Waals surface area contributed by atoms with E-state index in [0.717, 1.165) is 14.8 Å². The van der Waals surface area contributed by atoms with Crippen molar-refractivity contribution >= 4 is 34.3 Å². The number of nitrogens with one attached hydrogen (secondary N) is 2. The molecule has 0 unspecified atom stereocenters. The second kappa shape index (κ2) is 7.23. The Morgan fingerprint density at radius 2 is 1.80 bits per heavy atom. The molecule has 0 aliphatic carbocycles. The molecule has 104 valence electrons. The van der Waals surface area contributed by atoms with E-state index in [9.17, 15) is 9.18 Å². The van der Waals surface area contributed by atoms with E-state index in [4.69, 9.17) is 0 Å². The molecule has 20 heavy (non-hydrogen) atoms. The van der Waals surface area contributed by atoms with Crippen molar-refractivity contribution < 1.29 is 9.18 Å². The minimum absolute atomic E-state index is 0.240. The number of hydrogen-bond donors (Lipinski definition) is 2. The van der Waals surface area contributed by atoms with Crippen LogP contribution in [0.15, 0.2) is 48.5 Å². The zero-order valence-corrected chi connectivity index (χ0v) is 12.9. The monoisotopic (exact) mass is 384 g/mol. The lowest BCUT2D eigenvalue weighted by Gasteiger charge is -2.09. The van der Waals surface area contributed by atoms with Gasteiger partial charge < -0.3 is 10.6 Å². The molecule has 0 fully saturated rings. The first-order valence-electron chi connectivity index (χ1n) is 6.19. The third-order valence-electron chi connectivity index (χ3n) is 2.73. The summed E-state index contributed by atoms with van der Waals surface area (Å²) >= 11 is 2.17. The van der Waals surface area contributed by atoms with Crippen molar-refractivity contribution in [1.29, 1.82) is 0 Å². The smallest absolute Gasteiger partial charge is 0.319 e. The molecule has 2 aromatic rings. The van der Waals surface area contributed by atoms with Gasteiger partial charge in [-0.25, -0.2) is 9.18 Å². The number of carbonyl (C=O) groups excluding carboxylic acids is 1. The number of para-hydroxylation sites is 1. The number of carbonyl (C=O) groups is 1. The molecule has 0 radical (unpaired) electrons. The van der Waals surface area contributed by atoms with E-state index in [0.29, 0.717) is 13.0 Å². The van der Waals surface area contributed by atoms with Crippen molar-refractivity contribution in [3.8, 4) is 0 Å². The summed E-state index contributed by atoms with van der Waals surface area (Å²) in [5.41, 5.74) is 1.77. The highest BCUT2D eigenvalue weighted by molar-refractivity contribution is 14.1. The SMILES string of the molecule is O=C(NCCc1ccc(F)cc1)Nc1ccccc1I. The van der Waals surface area contributed by atoms with Gasteiger partial charge in [0.15, 0.2) is 0 Å². The van der Waals surface area contributed by atoms with E-state index in [1.807, 2.05) is 24.3 Å². The van der Waals surface area contributed by atoms with Gasteiger partial charge in [0.1, 0.15) is 5.82 Å². The van der Waals surface area contributed by atoms with Crippen LogP contribution in [0.5, 0.6) is 0 Å². The Morgan fingerprint density at radius 3 is 2.50 bits per heavy atom. The Bertz CT molecular complexity index is 587. The van der Waals surface area contributed by atoms with Crippen LogP contribution in [0, 0.1) is 9.39 Å². The number of rotatable bonds is 4. The van der Waals surface area contributed by atoms with Crippen molar-refractivity contribution in [3.63, 3.8) is 0 Å². The van der Waals surface area contributed by atoms with Crippen LogP contribution >= 0.6 is 22.6 Å². The van der Waals surface area contributed by atoms with Crippen LogP contribution in [0.4, 0.5) is 14.9 Å². The molecule has 0 saturated heterocycles. The summed E-state index contributed by atoms with van der Waals surface area (Å²) in [6.45, 7) is 0.501. The average molecular weight is 384 g/mol. The number of amides is 2. The number of urea groups is 1. The van der Waals surface area contributed by atoms with Gasteiger partial charge in [-0.15, -0.1) is 0 Å². The van der Waals surface area contributed by atoms with Crippen LogP contribution < -0.4 is 10.6 Å². The third kappa shape index (κ3) is 4.48. The summed E-state index contributed by atoms with van der Waals surface area (Å²) in [6, 6.07) is 13.6. The fourth-order valence-corrected chi connectivity index (χ4v) is 2.22. The molecule has 2 aromatic carbocycles. The molecule has 2 amide bonds. The lowest BCUT2D eigenvalue weighted by molar-refractivity contribution is 0.252. The van der Waals surface area contributed by atoms with E-state index in [1.54, 1.807) is 12.1 Å². The van der Waals surface area contributed by atoms with E-state index < -0.39 is 0 Å². The van der Waals surface area contributed by atoms with E-state index in [1.165, 1.54) is 12.1 Å². The predicted octanol–water partition coefficient (Wildman–Crippen LogP) is 3.79. The van der Waals surface area contributed by atoms with Crippen molar-refractivity contribution in [2.75, 3.05) is 11.9 Å². The fourth-order valence-electron chi connectivity index (χ4n) is 1.70. The Hall–Kier alpha value is -1.63. The Kier molecular flexibility index (Phi) is 5.34. The maximum Gasteiger partial charge on any atom is 0.319 e. The molecule has 0 aliphatic rings. The molecule has 0 bridgehead atoms. The summed E-state index contributed by atoms with van der Waals surface area (Å²) in [5, 5.41) is 5.56. The number of benzene rings is 2. The summed E-state index contributed by atoms with van der Waals surface area (Å²) in [7, 11) is 0. The lowest BCUT2D eigenvalue weighted by atomic mass is 10.1. The maximum absolute atomic E-state index is 12.7. The Balaban J connectivity index is 1.78. The van der Waals surface area contributed by atoms with Crippen molar-refractivity contribution in [2.45, 2.75) is 6.42 Å². The molecule has 0 aliphatic heterocycles. The fraction of sp³-hybridized carbons (Fsp3) is 0.133.